The summed E-state index contributed by atoms with van der Waals surface area (Å²) in [7, 11) is 0. The average molecular weight is 384 g/mol. The predicted octanol–water partition coefficient (Wildman–Crippen LogP) is 5.46. The van der Waals surface area contributed by atoms with E-state index in [0.717, 1.165) is 5.56 Å². The van der Waals surface area contributed by atoms with Gasteiger partial charge in [0.25, 0.3) is 0 Å². The van der Waals surface area contributed by atoms with Crippen LogP contribution in [0.15, 0.2) is 60.7 Å². The third-order valence-corrected chi connectivity index (χ3v) is 4.31. The van der Waals surface area contributed by atoms with Gasteiger partial charge >= 0.3 is 5.97 Å². The fourth-order valence-electron chi connectivity index (χ4n) is 2.65. The molecule has 0 aliphatic rings. The zero-order valence-corrected chi connectivity index (χ0v) is 15.0. The summed E-state index contributed by atoms with van der Waals surface area (Å²) in [6, 6.07) is 15.1. The van der Waals surface area contributed by atoms with Gasteiger partial charge in [-0.15, -0.1) is 0 Å². The SMILES string of the molecule is Cc1ccc(C(=O)O)c(C(=O)c2ccc(Nc3ccc(F)cc3)cc2Cl)c1. The number of carbonyl (C=O) groups is 2. The fourth-order valence-corrected chi connectivity index (χ4v) is 2.92. The van der Waals surface area contributed by atoms with Gasteiger partial charge in [-0.1, -0.05) is 23.2 Å². The van der Waals surface area contributed by atoms with Gasteiger partial charge in [0.05, 0.1) is 10.6 Å². The quantitative estimate of drug-likeness (QED) is 0.574. The molecule has 0 spiro atoms. The predicted molar refractivity (Wildman–Crippen MR) is 103 cm³/mol. The van der Waals surface area contributed by atoms with Crippen molar-refractivity contribution in [2.24, 2.45) is 0 Å². The molecule has 0 unspecified atom stereocenters. The second-order valence-corrected chi connectivity index (χ2v) is 6.42. The van der Waals surface area contributed by atoms with Crippen molar-refractivity contribution < 1.29 is 19.1 Å². The molecular weight excluding hydrogens is 369 g/mol. The van der Waals surface area contributed by atoms with Crippen LogP contribution in [0.3, 0.4) is 0 Å². The van der Waals surface area contributed by atoms with Crippen molar-refractivity contribution in [3.8, 4) is 0 Å². The monoisotopic (exact) mass is 383 g/mol. The maximum absolute atomic E-state index is 13.0. The molecule has 0 saturated carbocycles. The van der Waals surface area contributed by atoms with E-state index < -0.39 is 11.8 Å². The number of benzene rings is 3. The van der Waals surface area contributed by atoms with Gasteiger partial charge in [0, 0.05) is 22.5 Å². The van der Waals surface area contributed by atoms with Crippen LogP contribution in [0.25, 0.3) is 0 Å². The highest BCUT2D eigenvalue weighted by Crippen LogP contribution is 2.27. The van der Waals surface area contributed by atoms with E-state index in [9.17, 15) is 19.1 Å². The van der Waals surface area contributed by atoms with Crippen LogP contribution in [0.4, 0.5) is 15.8 Å². The molecule has 2 N–H and O–H groups in total. The van der Waals surface area contributed by atoms with E-state index in [1.165, 1.54) is 30.3 Å². The van der Waals surface area contributed by atoms with E-state index in [2.05, 4.69) is 5.32 Å². The summed E-state index contributed by atoms with van der Waals surface area (Å²) < 4.78 is 13.0. The molecule has 0 amide bonds. The van der Waals surface area contributed by atoms with Crippen molar-refractivity contribution in [2.45, 2.75) is 6.92 Å². The molecule has 0 radical (unpaired) electrons. The average Bonchev–Trinajstić information content (AvgIpc) is 2.63. The highest BCUT2D eigenvalue weighted by molar-refractivity contribution is 6.35. The number of carbonyl (C=O) groups excluding carboxylic acids is 1. The van der Waals surface area contributed by atoms with Crippen molar-refractivity contribution in [2.75, 3.05) is 5.32 Å². The second kappa shape index (κ2) is 7.60. The minimum atomic E-state index is -1.18. The van der Waals surface area contributed by atoms with Gasteiger partial charge in [0.2, 0.25) is 0 Å². The Bertz CT molecular complexity index is 1030. The van der Waals surface area contributed by atoms with Gasteiger partial charge in [-0.2, -0.15) is 0 Å². The molecule has 136 valence electrons. The highest BCUT2D eigenvalue weighted by atomic mass is 35.5. The summed E-state index contributed by atoms with van der Waals surface area (Å²) in [5.74, 6) is -1.98. The summed E-state index contributed by atoms with van der Waals surface area (Å²) >= 11 is 6.27. The Balaban J connectivity index is 1.92. The van der Waals surface area contributed by atoms with Gasteiger partial charge in [0.1, 0.15) is 5.82 Å². The van der Waals surface area contributed by atoms with Crippen LogP contribution in [-0.2, 0) is 0 Å². The van der Waals surface area contributed by atoms with Gasteiger partial charge < -0.3 is 10.4 Å². The van der Waals surface area contributed by atoms with Crippen LogP contribution in [0.2, 0.25) is 5.02 Å². The van der Waals surface area contributed by atoms with Crippen molar-refractivity contribution in [3.05, 3.63) is 93.8 Å². The Labute approximate surface area is 160 Å². The summed E-state index contributed by atoms with van der Waals surface area (Å²) in [4.78, 5) is 24.3. The number of ketones is 1. The first-order valence-electron chi connectivity index (χ1n) is 8.06. The third-order valence-electron chi connectivity index (χ3n) is 4.00. The Morgan fingerprint density at radius 2 is 1.52 bits per heavy atom. The molecule has 3 rings (SSSR count). The molecule has 0 aliphatic carbocycles. The van der Waals surface area contributed by atoms with Crippen LogP contribution in [-0.4, -0.2) is 16.9 Å². The first-order chi connectivity index (χ1) is 12.8. The summed E-state index contributed by atoms with van der Waals surface area (Å²) in [5, 5.41) is 12.6. The summed E-state index contributed by atoms with van der Waals surface area (Å²) in [5.41, 5.74) is 2.27. The molecule has 0 fully saturated rings. The second-order valence-electron chi connectivity index (χ2n) is 6.01. The Kier molecular flexibility index (Phi) is 5.23. The first-order valence-corrected chi connectivity index (χ1v) is 8.44. The van der Waals surface area contributed by atoms with Crippen molar-refractivity contribution in [3.63, 3.8) is 0 Å². The van der Waals surface area contributed by atoms with Crippen LogP contribution >= 0.6 is 11.6 Å². The number of nitrogens with one attached hydrogen (secondary N) is 1. The lowest BCUT2D eigenvalue weighted by Crippen LogP contribution is -2.10. The van der Waals surface area contributed by atoms with E-state index in [-0.39, 0.29) is 27.5 Å². The third kappa shape index (κ3) is 4.15. The molecule has 27 heavy (non-hydrogen) atoms. The number of hydrogen-bond donors (Lipinski definition) is 2. The smallest absolute Gasteiger partial charge is 0.336 e. The van der Waals surface area contributed by atoms with Crippen LogP contribution in [0, 0.1) is 12.7 Å². The molecule has 6 heteroatoms. The number of hydrogen-bond acceptors (Lipinski definition) is 3. The molecule has 0 heterocycles. The van der Waals surface area contributed by atoms with E-state index in [1.807, 2.05) is 0 Å². The molecule has 0 saturated heterocycles. The van der Waals surface area contributed by atoms with Crippen LogP contribution in [0.5, 0.6) is 0 Å². The summed E-state index contributed by atoms with van der Waals surface area (Å²) in [6.45, 7) is 1.78. The number of rotatable bonds is 5. The minimum absolute atomic E-state index is 0.0739. The number of halogens is 2. The largest absolute Gasteiger partial charge is 0.478 e. The van der Waals surface area contributed by atoms with Gasteiger partial charge in [-0.3, -0.25) is 4.79 Å². The van der Waals surface area contributed by atoms with Crippen molar-refractivity contribution >= 4 is 34.7 Å². The lowest BCUT2D eigenvalue weighted by atomic mass is 9.96. The van der Waals surface area contributed by atoms with E-state index in [4.69, 9.17) is 11.6 Å². The number of aryl methyl sites for hydroxylation is 1. The standard InChI is InChI=1S/C21H15ClFNO3/c1-12-2-8-16(21(26)27)18(10-12)20(25)17-9-7-15(11-19(17)22)24-14-5-3-13(23)4-6-14/h2-11,24H,1H3,(H,26,27). The van der Waals surface area contributed by atoms with E-state index >= 15 is 0 Å². The lowest BCUT2D eigenvalue weighted by Gasteiger charge is -2.11. The zero-order valence-electron chi connectivity index (χ0n) is 14.3. The molecule has 0 atom stereocenters. The van der Waals surface area contributed by atoms with Gasteiger partial charge in [-0.05, 0) is 61.5 Å². The summed E-state index contributed by atoms with van der Waals surface area (Å²) in [6.07, 6.45) is 0. The van der Waals surface area contributed by atoms with E-state index in [1.54, 1.807) is 37.3 Å². The number of anilines is 2. The minimum Gasteiger partial charge on any atom is -0.478 e. The maximum atomic E-state index is 13.0. The Morgan fingerprint density at radius 3 is 2.15 bits per heavy atom. The number of aromatic carboxylic acids is 1. The number of carboxylic acids is 1. The highest BCUT2D eigenvalue weighted by Gasteiger charge is 2.20. The molecular formula is C21H15ClFNO3. The zero-order chi connectivity index (χ0) is 19.6. The maximum Gasteiger partial charge on any atom is 0.336 e. The molecule has 0 aliphatic heterocycles. The van der Waals surface area contributed by atoms with E-state index in [0.29, 0.717) is 11.4 Å². The van der Waals surface area contributed by atoms with Gasteiger partial charge in [-0.25, -0.2) is 9.18 Å². The first kappa shape index (κ1) is 18.6. The topological polar surface area (TPSA) is 66.4 Å². The Hall–Kier alpha value is -3.18. The van der Waals surface area contributed by atoms with Crippen LogP contribution in [0.1, 0.15) is 31.8 Å². The van der Waals surface area contributed by atoms with Gasteiger partial charge in [0.15, 0.2) is 5.78 Å². The molecule has 3 aromatic rings. The Morgan fingerprint density at radius 1 is 0.889 bits per heavy atom. The fraction of sp³-hybridized carbons (Fsp3) is 0.0476. The molecule has 4 nitrogen and oxygen atoms in total. The molecule has 0 bridgehead atoms. The molecule has 3 aromatic carbocycles. The number of carboxylic acid groups (broad SMARTS) is 1. The molecule has 0 aromatic heterocycles. The van der Waals surface area contributed by atoms with Crippen molar-refractivity contribution in [1.82, 2.24) is 0 Å². The van der Waals surface area contributed by atoms with Crippen molar-refractivity contribution in [1.29, 1.82) is 0 Å². The van der Waals surface area contributed by atoms with Crippen LogP contribution < -0.4 is 5.32 Å². The normalized spacial score (nSPS) is 10.5. The lowest BCUT2D eigenvalue weighted by molar-refractivity contribution is 0.0693.